The van der Waals surface area contributed by atoms with Gasteiger partial charge in [0.15, 0.2) is 5.82 Å². The van der Waals surface area contributed by atoms with Gasteiger partial charge < -0.3 is 11.5 Å². The summed E-state index contributed by atoms with van der Waals surface area (Å²) in [5.41, 5.74) is 12.4. The predicted molar refractivity (Wildman–Crippen MR) is 110 cm³/mol. The molecule has 0 fully saturated rings. The highest BCUT2D eigenvalue weighted by Crippen LogP contribution is 2.30. The second-order valence-electron chi connectivity index (χ2n) is 6.98. The standard InChI is InChI=1S/C20H29N5O3/c1-2-3-4-5-6-7-8-9-13-24-18(17(20(22)26)19(21)23-24)15-11-10-12-16(14-15)25(27)28/h10-12,14H,2-9,13H2,1H3,(H2,21,23)(H2,22,26). The van der Waals surface area contributed by atoms with E-state index in [0.717, 1.165) is 19.3 Å². The van der Waals surface area contributed by atoms with Gasteiger partial charge in [-0.1, -0.05) is 64.0 Å². The molecule has 1 aromatic heterocycles. The van der Waals surface area contributed by atoms with E-state index in [1.54, 1.807) is 16.8 Å². The van der Waals surface area contributed by atoms with E-state index in [9.17, 15) is 14.9 Å². The Balaban J connectivity index is 2.13. The Bertz CT molecular complexity index is 816. The van der Waals surface area contributed by atoms with Crippen LogP contribution in [0, 0.1) is 10.1 Å². The zero-order chi connectivity index (χ0) is 20.5. The lowest BCUT2D eigenvalue weighted by Gasteiger charge is -2.09. The zero-order valence-electron chi connectivity index (χ0n) is 16.4. The number of hydrogen-bond acceptors (Lipinski definition) is 5. The number of aromatic nitrogens is 2. The number of primary amides is 1. The van der Waals surface area contributed by atoms with Gasteiger partial charge in [0.25, 0.3) is 11.6 Å². The number of non-ortho nitro benzene ring substituents is 1. The zero-order valence-corrected chi connectivity index (χ0v) is 16.4. The van der Waals surface area contributed by atoms with Crippen molar-refractivity contribution in [2.45, 2.75) is 64.8 Å². The van der Waals surface area contributed by atoms with Crippen molar-refractivity contribution in [2.75, 3.05) is 5.73 Å². The van der Waals surface area contributed by atoms with Crippen molar-refractivity contribution in [3.05, 3.63) is 39.9 Å². The number of hydrogen-bond donors (Lipinski definition) is 2. The highest BCUT2D eigenvalue weighted by molar-refractivity contribution is 6.03. The number of unbranched alkanes of at least 4 members (excludes halogenated alkanes) is 7. The maximum absolute atomic E-state index is 11.9. The second-order valence-corrected chi connectivity index (χ2v) is 6.98. The summed E-state index contributed by atoms with van der Waals surface area (Å²) in [5, 5.41) is 15.4. The van der Waals surface area contributed by atoms with Crippen LogP contribution in [-0.4, -0.2) is 20.6 Å². The van der Waals surface area contributed by atoms with Crippen LogP contribution < -0.4 is 11.5 Å². The van der Waals surface area contributed by atoms with E-state index in [1.807, 2.05) is 0 Å². The number of amides is 1. The molecule has 0 saturated carbocycles. The van der Waals surface area contributed by atoms with Gasteiger partial charge in [0.05, 0.1) is 10.6 Å². The summed E-state index contributed by atoms with van der Waals surface area (Å²) in [6.45, 7) is 2.78. The monoisotopic (exact) mass is 387 g/mol. The van der Waals surface area contributed by atoms with Crippen LogP contribution in [-0.2, 0) is 6.54 Å². The van der Waals surface area contributed by atoms with Gasteiger partial charge in [0.2, 0.25) is 0 Å². The fraction of sp³-hybridized carbons (Fsp3) is 0.500. The Hall–Kier alpha value is -2.90. The Labute approximate surface area is 165 Å². The highest BCUT2D eigenvalue weighted by Gasteiger charge is 2.22. The summed E-state index contributed by atoms with van der Waals surface area (Å²) in [5.74, 6) is -0.644. The number of aryl methyl sites for hydroxylation is 1. The minimum absolute atomic E-state index is 0.0496. The average molecular weight is 387 g/mol. The van der Waals surface area contributed by atoms with Gasteiger partial charge >= 0.3 is 0 Å². The van der Waals surface area contributed by atoms with Crippen LogP contribution in [0.2, 0.25) is 0 Å². The molecule has 4 N–H and O–H groups in total. The summed E-state index contributed by atoms with van der Waals surface area (Å²) in [4.78, 5) is 22.5. The number of nitrogens with two attached hydrogens (primary N) is 2. The maximum atomic E-state index is 11.9. The molecule has 0 bridgehead atoms. The molecule has 1 amide bonds. The van der Waals surface area contributed by atoms with Crippen LogP contribution in [0.3, 0.4) is 0 Å². The van der Waals surface area contributed by atoms with E-state index in [0.29, 0.717) is 17.8 Å². The van der Waals surface area contributed by atoms with E-state index >= 15 is 0 Å². The first-order valence-corrected chi connectivity index (χ1v) is 9.86. The highest BCUT2D eigenvalue weighted by atomic mass is 16.6. The Morgan fingerprint density at radius 1 is 1.14 bits per heavy atom. The molecule has 8 heteroatoms. The molecular weight excluding hydrogens is 358 g/mol. The van der Waals surface area contributed by atoms with Gasteiger partial charge in [-0.2, -0.15) is 5.10 Å². The van der Waals surface area contributed by atoms with Crippen LogP contribution in [0.4, 0.5) is 11.5 Å². The van der Waals surface area contributed by atoms with E-state index in [4.69, 9.17) is 11.5 Å². The summed E-state index contributed by atoms with van der Waals surface area (Å²) < 4.78 is 1.64. The smallest absolute Gasteiger partial charge is 0.270 e. The molecule has 1 heterocycles. The van der Waals surface area contributed by atoms with Gasteiger partial charge in [0.1, 0.15) is 5.56 Å². The lowest BCUT2D eigenvalue weighted by atomic mass is 10.1. The minimum Gasteiger partial charge on any atom is -0.382 e. The summed E-state index contributed by atoms with van der Waals surface area (Å²) in [7, 11) is 0. The largest absolute Gasteiger partial charge is 0.382 e. The molecule has 2 aromatic rings. The van der Waals surface area contributed by atoms with Crippen molar-refractivity contribution in [3.8, 4) is 11.3 Å². The molecule has 28 heavy (non-hydrogen) atoms. The van der Waals surface area contributed by atoms with Gasteiger partial charge in [-0.05, 0) is 6.42 Å². The van der Waals surface area contributed by atoms with Gasteiger partial charge in [0, 0.05) is 24.2 Å². The molecule has 0 saturated heterocycles. The summed E-state index contributed by atoms with van der Waals surface area (Å²) in [6.07, 6.45) is 9.36. The van der Waals surface area contributed by atoms with Crippen LogP contribution in [0.15, 0.2) is 24.3 Å². The van der Waals surface area contributed by atoms with Gasteiger partial charge in [-0.3, -0.25) is 19.6 Å². The molecule has 0 aliphatic heterocycles. The van der Waals surface area contributed by atoms with Crippen molar-refractivity contribution < 1.29 is 9.72 Å². The lowest BCUT2D eigenvalue weighted by molar-refractivity contribution is -0.384. The van der Waals surface area contributed by atoms with Crippen LogP contribution >= 0.6 is 0 Å². The van der Waals surface area contributed by atoms with Gasteiger partial charge in [-0.25, -0.2) is 0 Å². The number of carbonyl (C=O) groups is 1. The van der Waals surface area contributed by atoms with E-state index in [-0.39, 0.29) is 17.1 Å². The molecule has 0 radical (unpaired) electrons. The number of nitro benzene ring substituents is 1. The SMILES string of the molecule is CCCCCCCCCCn1nc(N)c(C(N)=O)c1-c1cccc([N+](=O)[O-])c1. The van der Waals surface area contributed by atoms with Crippen LogP contribution in [0.25, 0.3) is 11.3 Å². The number of rotatable bonds is 12. The third-order valence-electron chi connectivity index (χ3n) is 4.78. The normalized spacial score (nSPS) is 10.9. The Morgan fingerprint density at radius 3 is 2.39 bits per heavy atom. The third kappa shape index (κ3) is 5.55. The van der Waals surface area contributed by atoms with Crippen molar-refractivity contribution >= 4 is 17.4 Å². The minimum atomic E-state index is -0.693. The number of nitrogens with zero attached hydrogens (tertiary/aromatic N) is 3. The second kappa shape index (κ2) is 10.4. The Morgan fingerprint density at radius 2 is 1.79 bits per heavy atom. The molecule has 2 rings (SSSR count). The first-order chi connectivity index (χ1) is 13.5. The Kier molecular flexibility index (Phi) is 7.98. The van der Waals surface area contributed by atoms with E-state index < -0.39 is 10.8 Å². The molecule has 0 atom stereocenters. The molecule has 0 unspecified atom stereocenters. The topological polar surface area (TPSA) is 130 Å². The lowest BCUT2D eigenvalue weighted by Crippen LogP contribution is -2.14. The van der Waals surface area contributed by atoms with Crippen molar-refractivity contribution in [1.82, 2.24) is 9.78 Å². The average Bonchev–Trinajstić information content (AvgIpc) is 3.00. The molecule has 0 aliphatic carbocycles. The van der Waals surface area contributed by atoms with Crippen molar-refractivity contribution in [1.29, 1.82) is 0 Å². The molecule has 1 aromatic carbocycles. The van der Waals surface area contributed by atoms with Crippen molar-refractivity contribution in [2.24, 2.45) is 5.73 Å². The molecule has 0 spiro atoms. The summed E-state index contributed by atoms with van der Waals surface area (Å²) >= 11 is 0. The number of carbonyl (C=O) groups excluding carboxylic acids is 1. The number of benzene rings is 1. The van der Waals surface area contributed by atoms with Crippen LogP contribution in [0.5, 0.6) is 0 Å². The number of nitrogen functional groups attached to an aromatic ring is 1. The van der Waals surface area contributed by atoms with E-state index in [2.05, 4.69) is 12.0 Å². The quantitative estimate of drug-likeness (QED) is 0.319. The summed E-state index contributed by atoms with van der Waals surface area (Å²) in [6, 6.07) is 6.07. The first-order valence-electron chi connectivity index (χ1n) is 9.86. The molecular formula is C20H29N5O3. The molecule has 0 aliphatic rings. The van der Waals surface area contributed by atoms with Crippen molar-refractivity contribution in [3.63, 3.8) is 0 Å². The first kappa shape index (κ1) is 21.4. The molecule has 152 valence electrons. The van der Waals surface area contributed by atoms with Crippen LogP contribution in [0.1, 0.15) is 68.6 Å². The number of nitro groups is 1. The third-order valence-corrected chi connectivity index (χ3v) is 4.78. The number of anilines is 1. The fourth-order valence-corrected chi connectivity index (χ4v) is 3.34. The molecule has 8 nitrogen and oxygen atoms in total. The fourth-order valence-electron chi connectivity index (χ4n) is 3.34. The van der Waals surface area contributed by atoms with Gasteiger partial charge in [-0.15, -0.1) is 0 Å². The maximum Gasteiger partial charge on any atom is 0.270 e. The predicted octanol–water partition coefficient (Wildman–Crippen LogP) is 4.28. The van der Waals surface area contributed by atoms with E-state index in [1.165, 1.54) is 44.2 Å².